The molecule has 3 atom stereocenters. The third-order valence-electron chi connectivity index (χ3n) is 7.61. The molecule has 12 nitrogen and oxygen atoms in total. The maximum atomic E-state index is 13.2. The van der Waals surface area contributed by atoms with E-state index in [1.54, 1.807) is 23.2 Å². The van der Waals surface area contributed by atoms with Crippen LogP contribution in [-0.2, 0) is 25.6 Å². The van der Waals surface area contributed by atoms with Gasteiger partial charge in [0, 0.05) is 38.1 Å². The highest BCUT2D eigenvalue weighted by Gasteiger charge is 2.47. The van der Waals surface area contributed by atoms with Crippen molar-refractivity contribution in [2.24, 2.45) is 0 Å². The Morgan fingerprint density at radius 2 is 2.08 bits per heavy atom. The molecule has 3 fully saturated rings. The zero-order valence-electron chi connectivity index (χ0n) is 19.8. The van der Waals surface area contributed by atoms with Crippen molar-refractivity contribution in [3.8, 4) is 5.69 Å². The van der Waals surface area contributed by atoms with Crippen molar-refractivity contribution in [1.29, 1.82) is 0 Å². The first kappa shape index (κ1) is 22.8. The second-order valence-electron chi connectivity index (χ2n) is 9.69. The molecule has 4 aliphatic rings. The number of carbonyl (C=O) groups is 4. The summed E-state index contributed by atoms with van der Waals surface area (Å²) in [7, 11) is 0. The van der Waals surface area contributed by atoms with Crippen LogP contribution in [0.3, 0.4) is 0 Å². The molecule has 2 aromatic rings. The highest BCUT2D eigenvalue weighted by atomic mass is 16.6. The number of nitrogens with zero attached hydrogens (tertiary/aromatic N) is 5. The molecule has 4 aliphatic heterocycles. The lowest BCUT2D eigenvalue weighted by Crippen LogP contribution is -2.56. The maximum Gasteiger partial charge on any atom is 0.276 e. The molecule has 4 amide bonds. The number of amides is 4. The molecule has 3 saturated heterocycles. The molecule has 1 aromatic carbocycles. The van der Waals surface area contributed by atoms with Crippen LogP contribution in [0.5, 0.6) is 0 Å². The number of fused-ring (bicyclic) bond motifs is 1. The second kappa shape index (κ2) is 8.49. The van der Waals surface area contributed by atoms with E-state index in [1.165, 1.54) is 9.58 Å². The molecule has 12 heteroatoms. The van der Waals surface area contributed by atoms with Crippen LogP contribution in [0.4, 0.5) is 0 Å². The van der Waals surface area contributed by atoms with Gasteiger partial charge in [-0.2, -0.15) is 0 Å². The molecule has 3 unspecified atom stereocenters. The number of hydrogen-bond acceptors (Lipinski definition) is 8. The molecule has 188 valence electrons. The van der Waals surface area contributed by atoms with E-state index in [0.717, 1.165) is 12.0 Å². The standard InChI is InChI=1S/C24H26N6O6/c1-14-24(6-8-35-14)13-28(7-9-36-24)23(34)18-12-30(27-26-18)16-2-3-17-15(10-16)11-29(22(17)33)19-4-5-20(31)25-21(19)32/h2-3,10,12,14,19H,4-9,11,13H2,1H3,(H,25,31,32). The first-order chi connectivity index (χ1) is 17.3. The van der Waals surface area contributed by atoms with Gasteiger partial charge in [-0.3, -0.25) is 24.5 Å². The van der Waals surface area contributed by atoms with Gasteiger partial charge in [0.05, 0.1) is 31.1 Å². The summed E-state index contributed by atoms with van der Waals surface area (Å²) >= 11 is 0. The highest BCUT2D eigenvalue weighted by molar-refractivity contribution is 6.05. The molecule has 0 aliphatic carbocycles. The smallest absolute Gasteiger partial charge is 0.276 e. The van der Waals surface area contributed by atoms with Gasteiger partial charge in [0.25, 0.3) is 11.8 Å². The van der Waals surface area contributed by atoms with Gasteiger partial charge in [0.2, 0.25) is 11.8 Å². The highest BCUT2D eigenvalue weighted by Crippen LogP contribution is 2.33. The number of carbonyl (C=O) groups excluding carboxylic acids is 4. The van der Waals surface area contributed by atoms with E-state index in [9.17, 15) is 19.2 Å². The molecule has 5 heterocycles. The van der Waals surface area contributed by atoms with Crippen molar-refractivity contribution in [3.63, 3.8) is 0 Å². The summed E-state index contributed by atoms with van der Waals surface area (Å²) in [6, 6.07) is 4.56. The minimum atomic E-state index is -0.675. The predicted molar refractivity (Wildman–Crippen MR) is 122 cm³/mol. The van der Waals surface area contributed by atoms with E-state index in [-0.39, 0.29) is 42.5 Å². The molecular weight excluding hydrogens is 468 g/mol. The number of piperidine rings is 1. The van der Waals surface area contributed by atoms with E-state index in [0.29, 0.717) is 44.0 Å². The Hall–Kier alpha value is -3.64. The Labute approximate surface area is 206 Å². The number of morpholine rings is 1. The van der Waals surface area contributed by atoms with E-state index < -0.39 is 17.6 Å². The quantitative estimate of drug-likeness (QED) is 0.591. The molecule has 0 saturated carbocycles. The van der Waals surface area contributed by atoms with Crippen molar-refractivity contribution in [2.75, 3.05) is 26.3 Å². The van der Waals surface area contributed by atoms with Gasteiger partial charge < -0.3 is 19.3 Å². The number of benzene rings is 1. The van der Waals surface area contributed by atoms with E-state index in [1.807, 2.05) is 13.0 Å². The second-order valence-corrected chi connectivity index (χ2v) is 9.69. The topological polar surface area (TPSA) is 136 Å². The van der Waals surface area contributed by atoms with Crippen LogP contribution in [-0.4, -0.2) is 92.5 Å². The van der Waals surface area contributed by atoms with Gasteiger partial charge in [0.15, 0.2) is 5.69 Å². The van der Waals surface area contributed by atoms with Crippen molar-refractivity contribution in [3.05, 3.63) is 41.2 Å². The van der Waals surface area contributed by atoms with Gasteiger partial charge in [-0.1, -0.05) is 5.21 Å². The van der Waals surface area contributed by atoms with Gasteiger partial charge in [-0.25, -0.2) is 4.68 Å². The maximum absolute atomic E-state index is 13.2. The Kier molecular flexibility index (Phi) is 5.38. The molecule has 1 spiro atoms. The lowest BCUT2D eigenvalue weighted by Gasteiger charge is -2.41. The Morgan fingerprint density at radius 3 is 2.86 bits per heavy atom. The summed E-state index contributed by atoms with van der Waals surface area (Å²) in [5.74, 6) is -1.23. The van der Waals surface area contributed by atoms with Crippen LogP contribution in [0, 0.1) is 0 Å². The molecule has 0 bridgehead atoms. The number of imide groups is 1. The molecule has 6 rings (SSSR count). The number of aromatic nitrogens is 3. The molecule has 36 heavy (non-hydrogen) atoms. The van der Waals surface area contributed by atoms with Crippen LogP contribution < -0.4 is 5.32 Å². The van der Waals surface area contributed by atoms with E-state index in [2.05, 4.69) is 15.6 Å². The zero-order valence-corrected chi connectivity index (χ0v) is 19.8. The van der Waals surface area contributed by atoms with Gasteiger partial charge in [0.1, 0.15) is 11.6 Å². The molecule has 0 radical (unpaired) electrons. The fraction of sp³-hybridized carbons (Fsp3) is 0.500. The monoisotopic (exact) mass is 494 g/mol. The summed E-state index contributed by atoms with van der Waals surface area (Å²) in [4.78, 5) is 53.1. The van der Waals surface area contributed by atoms with Crippen molar-refractivity contribution in [1.82, 2.24) is 30.1 Å². The van der Waals surface area contributed by atoms with Crippen molar-refractivity contribution >= 4 is 23.6 Å². The van der Waals surface area contributed by atoms with E-state index in [4.69, 9.17) is 9.47 Å². The average Bonchev–Trinajstić information content (AvgIpc) is 3.57. The summed E-state index contributed by atoms with van der Waals surface area (Å²) in [5, 5.41) is 10.6. The van der Waals surface area contributed by atoms with Crippen LogP contribution in [0.25, 0.3) is 5.69 Å². The number of hydrogen-bond donors (Lipinski definition) is 1. The Bertz CT molecular complexity index is 1280. The van der Waals surface area contributed by atoms with E-state index >= 15 is 0 Å². The normalized spacial score (nSPS) is 28.1. The average molecular weight is 495 g/mol. The number of nitrogens with one attached hydrogen (secondary N) is 1. The predicted octanol–water partition coefficient (Wildman–Crippen LogP) is 0.0483. The lowest BCUT2D eigenvalue weighted by atomic mass is 9.94. The summed E-state index contributed by atoms with van der Waals surface area (Å²) < 4.78 is 13.2. The van der Waals surface area contributed by atoms with Crippen LogP contribution >= 0.6 is 0 Å². The minimum absolute atomic E-state index is 0.0855. The van der Waals surface area contributed by atoms with Crippen molar-refractivity contribution < 1.29 is 28.7 Å². The van der Waals surface area contributed by atoms with Crippen LogP contribution in [0.2, 0.25) is 0 Å². The number of ether oxygens (including phenoxy) is 2. The zero-order chi connectivity index (χ0) is 25.0. The van der Waals surface area contributed by atoms with Crippen LogP contribution in [0.15, 0.2) is 24.4 Å². The fourth-order valence-electron chi connectivity index (χ4n) is 5.49. The van der Waals surface area contributed by atoms with Crippen LogP contribution in [0.1, 0.15) is 52.6 Å². The summed E-state index contributed by atoms with van der Waals surface area (Å²) in [5.41, 5.74) is 1.64. The first-order valence-electron chi connectivity index (χ1n) is 12.1. The molecular formula is C24H26N6O6. The summed E-state index contributed by atoms with van der Waals surface area (Å²) in [6.45, 7) is 4.19. The minimum Gasteiger partial charge on any atom is -0.375 e. The Balaban J connectivity index is 1.18. The van der Waals surface area contributed by atoms with Gasteiger partial charge >= 0.3 is 0 Å². The fourth-order valence-corrected chi connectivity index (χ4v) is 5.49. The van der Waals surface area contributed by atoms with Gasteiger partial charge in [-0.15, -0.1) is 5.10 Å². The number of rotatable bonds is 3. The molecule has 1 N–H and O–H groups in total. The van der Waals surface area contributed by atoms with Gasteiger partial charge in [-0.05, 0) is 37.1 Å². The first-order valence-corrected chi connectivity index (χ1v) is 12.1. The largest absolute Gasteiger partial charge is 0.375 e. The third-order valence-corrected chi connectivity index (χ3v) is 7.61. The Morgan fingerprint density at radius 1 is 1.22 bits per heavy atom. The lowest BCUT2D eigenvalue weighted by molar-refractivity contribution is -0.136. The molecule has 1 aromatic heterocycles. The third kappa shape index (κ3) is 3.68. The SMILES string of the molecule is CC1OCCC12CN(C(=O)c1cn(-c3ccc4c(c3)CN(C3CCC(=O)NC3=O)C4=O)nn1)CCO2. The summed E-state index contributed by atoms with van der Waals surface area (Å²) in [6.07, 6.45) is 2.74. The van der Waals surface area contributed by atoms with Crippen molar-refractivity contribution in [2.45, 2.75) is 50.5 Å².